The Morgan fingerprint density at radius 1 is 1.24 bits per heavy atom. The van der Waals surface area contributed by atoms with Gasteiger partial charge in [-0.05, 0) is 69.6 Å². The van der Waals surface area contributed by atoms with E-state index in [0.717, 1.165) is 51.4 Å². The van der Waals surface area contributed by atoms with Gasteiger partial charge in [0.2, 0.25) is 0 Å². The highest BCUT2D eigenvalue weighted by molar-refractivity contribution is 5.66. The summed E-state index contributed by atoms with van der Waals surface area (Å²) in [5.74, 6) is 6.50. The van der Waals surface area contributed by atoms with Gasteiger partial charge in [-0.25, -0.2) is 0 Å². The average Bonchev–Trinajstić information content (AvgIpc) is 3.07. The fraction of sp³-hybridized carbons (Fsp3) is 0.762. The first-order valence-corrected chi connectivity index (χ1v) is 9.80. The Hall–Kier alpha value is -1.31. The molecule has 4 atom stereocenters. The first-order chi connectivity index (χ1) is 12.0. The van der Waals surface area contributed by atoms with Crippen LogP contribution in [0.4, 0.5) is 0 Å². The molecule has 3 aliphatic rings. The van der Waals surface area contributed by atoms with Crippen LogP contribution in [0, 0.1) is 29.6 Å². The van der Waals surface area contributed by atoms with Gasteiger partial charge in [0.25, 0.3) is 0 Å². The standard InChI is InChI=1S/C21H30O4/c22-19-14-16-12-15(6-2-3-7-20(23)24)13-18(16)17(19)8-11-21(25)9-4-1-5-10-21/h6,16-19,22,25H,1-5,7,9-10,12-14H2,(H,23,24)/b15-6+/t16-,17+,18-,19+/m0/s1. The van der Waals surface area contributed by atoms with E-state index in [9.17, 15) is 15.0 Å². The molecule has 4 heteroatoms. The van der Waals surface area contributed by atoms with Gasteiger partial charge in [-0.15, -0.1) is 0 Å². The van der Waals surface area contributed by atoms with Crippen LogP contribution >= 0.6 is 0 Å². The van der Waals surface area contributed by atoms with Crippen molar-refractivity contribution in [3.8, 4) is 11.8 Å². The van der Waals surface area contributed by atoms with Crippen molar-refractivity contribution in [1.29, 1.82) is 0 Å². The number of hydrogen-bond acceptors (Lipinski definition) is 3. The Kier molecular flexibility index (Phi) is 5.86. The maximum absolute atomic E-state index is 10.6. The van der Waals surface area contributed by atoms with Gasteiger partial charge in [-0.2, -0.15) is 0 Å². The first-order valence-electron chi connectivity index (χ1n) is 9.80. The highest BCUT2D eigenvalue weighted by Gasteiger charge is 2.45. The fourth-order valence-electron chi connectivity index (χ4n) is 4.87. The Balaban J connectivity index is 1.59. The van der Waals surface area contributed by atoms with E-state index in [2.05, 4.69) is 17.9 Å². The van der Waals surface area contributed by atoms with Gasteiger partial charge in [0.1, 0.15) is 5.60 Å². The zero-order chi connectivity index (χ0) is 17.9. The average molecular weight is 346 g/mol. The van der Waals surface area contributed by atoms with Gasteiger partial charge in [0.15, 0.2) is 0 Å². The lowest BCUT2D eigenvalue weighted by molar-refractivity contribution is -0.137. The zero-order valence-electron chi connectivity index (χ0n) is 14.9. The summed E-state index contributed by atoms with van der Waals surface area (Å²) in [6.07, 6.45) is 11.1. The van der Waals surface area contributed by atoms with E-state index in [1.165, 1.54) is 12.0 Å². The number of allylic oxidation sites excluding steroid dienone is 2. The highest BCUT2D eigenvalue weighted by atomic mass is 16.4. The smallest absolute Gasteiger partial charge is 0.303 e. The van der Waals surface area contributed by atoms with Crippen LogP contribution < -0.4 is 0 Å². The van der Waals surface area contributed by atoms with Gasteiger partial charge in [0.05, 0.1) is 6.10 Å². The Labute approximate surface area is 150 Å². The molecule has 0 aliphatic heterocycles. The molecule has 3 rings (SSSR count). The van der Waals surface area contributed by atoms with Crippen LogP contribution in [0.3, 0.4) is 0 Å². The summed E-state index contributed by atoms with van der Waals surface area (Å²) < 4.78 is 0. The lowest BCUT2D eigenvalue weighted by Gasteiger charge is -2.27. The molecular formula is C21H30O4. The SMILES string of the molecule is O=C(O)CCC/C=C1\C[C@H]2C[C@@H](O)[C@H](C#CC3(O)CCCCC3)[C@H]2C1. The molecule has 0 unspecified atom stereocenters. The van der Waals surface area contributed by atoms with Gasteiger partial charge >= 0.3 is 5.97 Å². The van der Waals surface area contributed by atoms with Crippen LogP contribution in [-0.4, -0.2) is 33.0 Å². The van der Waals surface area contributed by atoms with E-state index in [4.69, 9.17) is 5.11 Å². The molecule has 0 amide bonds. The number of aliphatic hydroxyl groups is 2. The highest BCUT2D eigenvalue weighted by Crippen LogP contribution is 2.50. The minimum Gasteiger partial charge on any atom is -0.481 e. The molecule has 4 nitrogen and oxygen atoms in total. The number of unbranched alkanes of at least 4 members (excludes halogenated alkanes) is 1. The lowest BCUT2D eigenvalue weighted by Crippen LogP contribution is -2.30. The predicted octanol–water partition coefficient (Wildman–Crippen LogP) is 3.27. The molecule has 0 bridgehead atoms. The van der Waals surface area contributed by atoms with Crippen LogP contribution in [0.1, 0.15) is 70.6 Å². The number of aliphatic carboxylic acids is 1. The van der Waals surface area contributed by atoms with Crippen molar-refractivity contribution in [3.63, 3.8) is 0 Å². The quantitative estimate of drug-likeness (QED) is 0.415. The third-order valence-electron chi connectivity index (χ3n) is 6.23. The number of carboxylic acids is 1. The van der Waals surface area contributed by atoms with Gasteiger partial charge < -0.3 is 15.3 Å². The van der Waals surface area contributed by atoms with Crippen LogP contribution in [0.2, 0.25) is 0 Å². The topological polar surface area (TPSA) is 77.8 Å². The number of aliphatic hydroxyl groups excluding tert-OH is 1. The summed E-state index contributed by atoms with van der Waals surface area (Å²) >= 11 is 0. The van der Waals surface area contributed by atoms with Crippen molar-refractivity contribution >= 4 is 5.97 Å². The summed E-state index contributed by atoms with van der Waals surface area (Å²) in [5, 5.41) is 29.7. The second-order valence-electron chi connectivity index (χ2n) is 8.17. The second kappa shape index (κ2) is 7.93. The minimum absolute atomic E-state index is 0.0270. The zero-order valence-corrected chi connectivity index (χ0v) is 14.9. The largest absolute Gasteiger partial charge is 0.481 e. The van der Waals surface area contributed by atoms with Crippen LogP contribution in [-0.2, 0) is 4.79 Å². The van der Waals surface area contributed by atoms with Crippen LogP contribution in [0.15, 0.2) is 11.6 Å². The first kappa shape index (κ1) is 18.5. The third kappa shape index (κ3) is 4.65. The number of carboxylic acid groups (broad SMARTS) is 1. The van der Waals surface area contributed by atoms with Crippen LogP contribution in [0.5, 0.6) is 0 Å². The third-order valence-corrected chi connectivity index (χ3v) is 6.23. The molecule has 3 aliphatic carbocycles. The summed E-state index contributed by atoms with van der Waals surface area (Å²) in [6.45, 7) is 0. The van der Waals surface area contributed by atoms with Crippen molar-refractivity contribution < 1.29 is 20.1 Å². The van der Waals surface area contributed by atoms with Crippen molar-refractivity contribution in [2.75, 3.05) is 0 Å². The molecule has 3 saturated carbocycles. The van der Waals surface area contributed by atoms with E-state index >= 15 is 0 Å². The molecule has 3 N–H and O–H groups in total. The number of fused-ring (bicyclic) bond motifs is 1. The molecule has 0 heterocycles. The molecular weight excluding hydrogens is 316 g/mol. The second-order valence-corrected chi connectivity index (χ2v) is 8.17. The van der Waals surface area contributed by atoms with E-state index in [1.54, 1.807) is 0 Å². The molecule has 0 aromatic rings. The summed E-state index contributed by atoms with van der Waals surface area (Å²) in [4.78, 5) is 10.6. The predicted molar refractivity (Wildman–Crippen MR) is 95.7 cm³/mol. The van der Waals surface area contributed by atoms with Crippen molar-refractivity contribution in [1.82, 2.24) is 0 Å². The molecule has 0 aromatic heterocycles. The molecule has 0 radical (unpaired) electrons. The maximum atomic E-state index is 10.6. The van der Waals surface area contributed by atoms with Crippen molar-refractivity contribution in [2.24, 2.45) is 17.8 Å². The van der Waals surface area contributed by atoms with Crippen molar-refractivity contribution in [2.45, 2.75) is 82.3 Å². The van der Waals surface area contributed by atoms with Crippen molar-refractivity contribution in [3.05, 3.63) is 11.6 Å². The van der Waals surface area contributed by atoms with Gasteiger partial charge in [-0.3, -0.25) is 4.79 Å². The summed E-state index contributed by atoms with van der Waals surface area (Å²) in [7, 11) is 0. The maximum Gasteiger partial charge on any atom is 0.303 e. The van der Waals surface area contributed by atoms with Crippen LogP contribution in [0.25, 0.3) is 0 Å². The fourth-order valence-corrected chi connectivity index (χ4v) is 4.87. The Morgan fingerprint density at radius 2 is 2.00 bits per heavy atom. The Bertz CT molecular complexity index is 576. The number of hydrogen-bond donors (Lipinski definition) is 3. The van der Waals surface area contributed by atoms with E-state index in [-0.39, 0.29) is 18.4 Å². The minimum atomic E-state index is -0.843. The van der Waals surface area contributed by atoms with Gasteiger partial charge in [-0.1, -0.05) is 29.9 Å². The number of carbonyl (C=O) groups is 1. The van der Waals surface area contributed by atoms with Gasteiger partial charge in [0, 0.05) is 12.3 Å². The lowest BCUT2D eigenvalue weighted by atomic mass is 9.84. The Morgan fingerprint density at radius 3 is 2.72 bits per heavy atom. The monoisotopic (exact) mass is 346 g/mol. The van der Waals surface area contributed by atoms with E-state index in [1.807, 2.05) is 0 Å². The molecule has 0 aromatic carbocycles. The summed E-state index contributed by atoms with van der Waals surface area (Å²) in [6, 6.07) is 0. The molecule has 3 fully saturated rings. The number of rotatable bonds is 4. The molecule has 0 saturated heterocycles. The van der Waals surface area contributed by atoms with E-state index < -0.39 is 11.6 Å². The normalized spacial score (nSPS) is 35.2. The molecule has 25 heavy (non-hydrogen) atoms. The van der Waals surface area contributed by atoms with E-state index in [0.29, 0.717) is 18.3 Å². The summed E-state index contributed by atoms with van der Waals surface area (Å²) in [5.41, 5.74) is 0.555. The molecule has 0 spiro atoms. The molecule has 138 valence electrons.